The van der Waals surface area contributed by atoms with Gasteiger partial charge in [-0.15, -0.1) is 0 Å². The number of hydrogen-bond acceptors (Lipinski definition) is 4. The average Bonchev–Trinajstić information content (AvgIpc) is 2.83. The van der Waals surface area contributed by atoms with E-state index in [2.05, 4.69) is 10.1 Å². The molecule has 16 heavy (non-hydrogen) atoms. The molecule has 80 valence electrons. The Labute approximate surface area is 91.0 Å². The lowest BCUT2D eigenvalue weighted by Gasteiger charge is -1.87. The van der Waals surface area contributed by atoms with Crippen LogP contribution >= 0.6 is 0 Å². The predicted octanol–water partition coefficient (Wildman–Crippen LogP) is 1.93. The van der Waals surface area contributed by atoms with Gasteiger partial charge in [0.15, 0.2) is 5.58 Å². The third kappa shape index (κ3) is 1.33. The van der Waals surface area contributed by atoms with Crippen molar-refractivity contribution >= 4 is 11.1 Å². The smallest absolute Gasteiger partial charge is 0.230 e. The fraction of sp³-hybridized carbons (Fsp3) is 0.0909. The normalized spacial score (nSPS) is 11.1. The Bertz CT molecular complexity index is 654. The van der Waals surface area contributed by atoms with Crippen molar-refractivity contribution in [2.75, 3.05) is 0 Å². The first-order valence-electron chi connectivity index (χ1n) is 4.81. The third-order valence-electron chi connectivity index (χ3n) is 2.32. The summed E-state index contributed by atoms with van der Waals surface area (Å²) in [6, 6.07) is 4.83. The van der Waals surface area contributed by atoms with Crippen LogP contribution in [0, 0.1) is 0 Å². The lowest BCUT2D eigenvalue weighted by Crippen LogP contribution is -1.84. The van der Waals surface area contributed by atoms with Gasteiger partial charge >= 0.3 is 0 Å². The number of phenolic OH excluding ortho intramolecular Hbond substituents is 1. The van der Waals surface area contributed by atoms with E-state index < -0.39 is 0 Å². The van der Waals surface area contributed by atoms with E-state index in [9.17, 15) is 5.11 Å². The van der Waals surface area contributed by atoms with Crippen LogP contribution in [-0.2, 0) is 7.05 Å². The van der Waals surface area contributed by atoms with Crippen molar-refractivity contribution < 1.29 is 9.52 Å². The van der Waals surface area contributed by atoms with Gasteiger partial charge < -0.3 is 9.52 Å². The van der Waals surface area contributed by atoms with Crippen molar-refractivity contribution in [1.82, 2.24) is 14.8 Å². The summed E-state index contributed by atoms with van der Waals surface area (Å²) in [4.78, 5) is 4.28. The number of nitrogens with zero attached hydrogens (tertiary/aromatic N) is 3. The minimum atomic E-state index is 0.179. The molecule has 0 unspecified atom stereocenters. The van der Waals surface area contributed by atoms with Crippen LogP contribution in [0.2, 0.25) is 0 Å². The summed E-state index contributed by atoms with van der Waals surface area (Å²) < 4.78 is 7.23. The Balaban J connectivity index is 2.18. The predicted molar refractivity (Wildman–Crippen MR) is 57.9 cm³/mol. The zero-order chi connectivity index (χ0) is 11.1. The summed E-state index contributed by atoms with van der Waals surface area (Å²) in [5.74, 6) is 0.687. The second-order valence-corrected chi connectivity index (χ2v) is 3.57. The van der Waals surface area contributed by atoms with Crippen molar-refractivity contribution in [2.24, 2.45) is 7.05 Å². The van der Waals surface area contributed by atoms with E-state index >= 15 is 0 Å². The number of benzene rings is 1. The maximum atomic E-state index is 9.32. The monoisotopic (exact) mass is 215 g/mol. The number of phenols is 1. The Kier molecular flexibility index (Phi) is 1.73. The molecule has 2 heterocycles. The van der Waals surface area contributed by atoms with Crippen LogP contribution in [0.15, 0.2) is 35.0 Å². The first-order valence-corrected chi connectivity index (χ1v) is 4.81. The van der Waals surface area contributed by atoms with Gasteiger partial charge in [0.1, 0.15) is 11.3 Å². The second-order valence-electron chi connectivity index (χ2n) is 3.57. The molecular formula is C11H9N3O2. The fourth-order valence-electron chi connectivity index (χ4n) is 1.57. The zero-order valence-corrected chi connectivity index (χ0v) is 8.58. The maximum Gasteiger partial charge on any atom is 0.230 e. The molecule has 3 aromatic rings. The van der Waals surface area contributed by atoms with Gasteiger partial charge in [0.25, 0.3) is 0 Å². The van der Waals surface area contributed by atoms with Gasteiger partial charge in [0.2, 0.25) is 5.89 Å². The Morgan fingerprint density at radius 1 is 1.38 bits per heavy atom. The number of hydrogen-bond donors (Lipinski definition) is 1. The highest BCUT2D eigenvalue weighted by molar-refractivity contribution is 5.77. The van der Waals surface area contributed by atoms with Crippen molar-refractivity contribution in [1.29, 1.82) is 0 Å². The Hall–Kier alpha value is -2.30. The summed E-state index contributed by atoms with van der Waals surface area (Å²) in [5, 5.41) is 13.4. The lowest BCUT2D eigenvalue weighted by atomic mass is 10.3. The highest BCUT2D eigenvalue weighted by atomic mass is 16.3. The van der Waals surface area contributed by atoms with Gasteiger partial charge in [-0.1, -0.05) is 0 Å². The summed E-state index contributed by atoms with van der Waals surface area (Å²) in [5.41, 5.74) is 2.11. The van der Waals surface area contributed by atoms with Crippen LogP contribution in [0.1, 0.15) is 0 Å². The van der Waals surface area contributed by atoms with Crippen LogP contribution in [0.25, 0.3) is 22.6 Å². The van der Waals surface area contributed by atoms with E-state index in [-0.39, 0.29) is 5.75 Å². The molecule has 3 rings (SSSR count). The second kappa shape index (κ2) is 3.10. The molecule has 5 nitrogen and oxygen atoms in total. The quantitative estimate of drug-likeness (QED) is 0.673. The highest BCUT2D eigenvalue weighted by Gasteiger charge is 2.09. The molecule has 1 N–H and O–H groups in total. The summed E-state index contributed by atoms with van der Waals surface area (Å²) in [6.07, 6.45) is 3.51. The van der Waals surface area contributed by atoms with Crippen molar-refractivity contribution in [3.05, 3.63) is 30.6 Å². The molecule has 2 aromatic heterocycles. The van der Waals surface area contributed by atoms with Crippen molar-refractivity contribution in [3.8, 4) is 17.2 Å². The van der Waals surface area contributed by atoms with E-state index in [4.69, 9.17) is 4.42 Å². The number of aryl methyl sites for hydroxylation is 1. The minimum Gasteiger partial charge on any atom is -0.508 e. The van der Waals surface area contributed by atoms with Crippen LogP contribution in [-0.4, -0.2) is 19.9 Å². The van der Waals surface area contributed by atoms with Crippen molar-refractivity contribution in [3.63, 3.8) is 0 Å². The molecule has 5 heteroatoms. The summed E-state index contributed by atoms with van der Waals surface area (Å²) >= 11 is 0. The van der Waals surface area contributed by atoms with Crippen LogP contribution in [0.5, 0.6) is 5.75 Å². The molecular weight excluding hydrogens is 206 g/mol. The molecule has 0 saturated heterocycles. The summed E-state index contributed by atoms with van der Waals surface area (Å²) in [6.45, 7) is 0. The number of oxazole rings is 1. The van der Waals surface area contributed by atoms with Gasteiger partial charge in [-0.25, -0.2) is 4.98 Å². The highest BCUT2D eigenvalue weighted by Crippen LogP contribution is 2.25. The number of aromatic hydroxyl groups is 1. The van der Waals surface area contributed by atoms with E-state index in [1.165, 1.54) is 0 Å². The third-order valence-corrected chi connectivity index (χ3v) is 2.32. The molecule has 0 aliphatic carbocycles. The molecule has 0 saturated carbocycles. The minimum absolute atomic E-state index is 0.179. The topological polar surface area (TPSA) is 64.1 Å². The van der Waals surface area contributed by atoms with Gasteiger partial charge in [-0.2, -0.15) is 5.10 Å². The van der Waals surface area contributed by atoms with Gasteiger partial charge in [0, 0.05) is 19.3 Å². The van der Waals surface area contributed by atoms with Crippen LogP contribution < -0.4 is 0 Å². The number of fused-ring (bicyclic) bond motifs is 1. The largest absolute Gasteiger partial charge is 0.508 e. The standard InChI is InChI=1S/C11H9N3O2/c1-14-6-7(5-12-14)11-13-9-4-8(15)2-3-10(9)16-11/h2-6,15H,1H3. The van der Waals surface area contributed by atoms with E-state index in [1.807, 2.05) is 13.2 Å². The van der Waals surface area contributed by atoms with Crippen molar-refractivity contribution in [2.45, 2.75) is 0 Å². The Morgan fingerprint density at radius 2 is 2.25 bits per heavy atom. The fourth-order valence-corrected chi connectivity index (χ4v) is 1.57. The van der Waals surface area contributed by atoms with Crippen LogP contribution in [0.4, 0.5) is 0 Å². The molecule has 0 spiro atoms. The molecule has 0 aliphatic rings. The molecule has 0 amide bonds. The molecule has 0 atom stereocenters. The Morgan fingerprint density at radius 3 is 3.00 bits per heavy atom. The molecule has 0 aliphatic heterocycles. The van der Waals surface area contributed by atoms with Gasteiger partial charge in [-0.05, 0) is 12.1 Å². The van der Waals surface area contributed by atoms with Gasteiger partial charge in [0.05, 0.1) is 11.8 Å². The molecule has 0 bridgehead atoms. The molecule has 0 fully saturated rings. The number of aromatic nitrogens is 3. The van der Waals surface area contributed by atoms with E-state index in [1.54, 1.807) is 29.1 Å². The molecule has 0 radical (unpaired) electrons. The summed E-state index contributed by atoms with van der Waals surface area (Å²) in [7, 11) is 1.83. The van der Waals surface area contributed by atoms with E-state index in [0.717, 1.165) is 5.56 Å². The SMILES string of the molecule is Cn1cc(-c2nc3cc(O)ccc3o2)cn1. The average molecular weight is 215 g/mol. The number of rotatable bonds is 1. The van der Waals surface area contributed by atoms with Gasteiger partial charge in [-0.3, -0.25) is 4.68 Å². The zero-order valence-electron chi connectivity index (χ0n) is 8.58. The molecule has 1 aromatic carbocycles. The van der Waals surface area contributed by atoms with Crippen LogP contribution in [0.3, 0.4) is 0 Å². The van der Waals surface area contributed by atoms with E-state index in [0.29, 0.717) is 17.0 Å². The maximum absolute atomic E-state index is 9.32. The first kappa shape index (κ1) is 8.96. The lowest BCUT2D eigenvalue weighted by molar-refractivity contribution is 0.476. The first-order chi connectivity index (χ1) is 7.72.